The fourth-order valence-corrected chi connectivity index (χ4v) is 4.76. The lowest BCUT2D eigenvalue weighted by Crippen LogP contribution is -2.25. The predicted molar refractivity (Wildman–Crippen MR) is 122 cm³/mol. The maximum absolute atomic E-state index is 14.3. The lowest BCUT2D eigenvalue weighted by Gasteiger charge is -2.28. The normalized spacial score (nSPS) is 18.9. The van der Waals surface area contributed by atoms with E-state index in [0.29, 0.717) is 11.0 Å². The Kier molecular flexibility index (Phi) is 7.94. The molecule has 1 aliphatic rings. The van der Waals surface area contributed by atoms with E-state index >= 15 is 0 Å². The van der Waals surface area contributed by atoms with Gasteiger partial charge in [-0.15, -0.1) is 23.4 Å². The quantitative estimate of drug-likeness (QED) is 0.402. The number of benzene rings is 1. The molecular weight excluding hydrogens is 504 g/mol. The number of nitrogens with zero attached hydrogens (tertiary/aromatic N) is 4. The van der Waals surface area contributed by atoms with Gasteiger partial charge >= 0.3 is 6.36 Å². The van der Waals surface area contributed by atoms with E-state index < -0.39 is 35.5 Å². The van der Waals surface area contributed by atoms with E-state index in [-0.39, 0.29) is 11.2 Å². The number of rotatable bonds is 8. The van der Waals surface area contributed by atoms with Crippen LogP contribution in [0.25, 0.3) is 0 Å². The van der Waals surface area contributed by atoms with Crippen LogP contribution in [0.5, 0.6) is 5.75 Å². The number of methoxy groups -OCH3 is 1. The van der Waals surface area contributed by atoms with Gasteiger partial charge in [0, 0.05) is 30.8 Å². The molecule has 1 aromatic carbocycles. The van der Waals surface area contributed by atoms with E-state index in [0.717, 1.165) is 68.0 Å². The molecule has 2 aromatic heterocycles. The third kappa shape index (κ3) is 6.63. The summed E-state index contributed by atoms with van der Waals surface area (Å²) in [6, 6.07) is 6.36. The molecule has 0 radical (unpaired) electrons. The van der Waals surface area contributed by atoms with Crippen LogP contribution in [0.2, 0.25) is 0 Å². The Labute approximate surface area is 207 Å². The summed E-state index contributed by atoms with van der Waals surface area (Å²) in [5.41, 5.74) is 0.566. The molecule has 14 heteroatoms. The third-order valence-electron chi connectivity index (χ3n) is 5.68. The largest absolute Gasteiger partial charge is 0.573 e. The van der Waals surface area contributed by atoms with Crippen LogP contribution in [0.4, 0.5) is 27.8 Å². The minimum absolute atomic E-state index is 0.126. The van der Waals surface area contributed by atoms with E-state index in [1.165, 1.54) is 0 Å². The van der Waals surface area contributed by atoms with Gasteiger partial charge in [-0.3, -0.25) is 10.1 Å². The van der Waals surface area contributed by atoms with Gasteiger partial charge in [-0.25, -0.2) is 4.39 Å². The predicted octanol–water partition coefficient (Wildman–Crippen LogP) is 4.83. The van der Waals surface area contributed by atoms with Crippen molar-refractivity contribution in [2.75, 3.05) is 17.7 Å². The number of aromatic nitrogens is 4. The lowest BCUT2D eigenvalue weighted by molar-refractivity contribution is -0.274. The summed E-state index contributed by atoms with van der Waals surface area (Å²) in [5, 5.41) is 22.5. The first-order chi connectivity index (χ1) is 17.2. The number of amides is 1. The third-order valence-corrected chi connectivity index (χ3v) is 6.45. The van der Waals surface area contributed by atoms with Gasteiger partial charge in [0.05, 0.1) is 5.69 Å². The molecule has 1 aliphatic carbocycles. The first kappa shape index (κ1) is 25.7. The van der Waals surface area contributed by atoms with Crippen LogP contribution in [0.15, 0.2) is 36.5 Å². The lowest BCUT2D eigenvalue weighted by atomic mass is 9.84. The second kappa shape index (κ2) is 11.1. The van der Waals surface area contributed by atoms with E-state index in [2.05, 4.69) is 35.8 Å². The Morgan fingerprint density at radius 3 is 2.53 bits per heavy atom. The summed E-state index contributed by atoms with van der Waals surface area (Å²) in [6.07, 6.45) is -1.20. The standard InChI is InChI=1S/C22H22F4N6O3S/c1-34-18(15-11-14(8-9-16(15)23)35-22(24,25)26)19(33)29-21-32-31-20(36-21)28-13-6-4-12(5-7-13)17-3-2-10-27-30-17/h2-3,8-13,18H,4-7H2,1H3,(H,28,31)(H,29,32,33)/t12-,13+,18-/m0/s1. The van der Waals surface area contributed by atoms with Gasteiger partial charge < -0.3 is 14.8 Å². The van der Waals surface area contributed by atoms with Crippen LogP contribution >= 0.6 is 11.3 Å². The Hall–Kier alpha value is -3.39. The van der Waals surface area contributed by atoms with Gasteiger partial charge in [0.1, 0.15) is 11.6 Å². The molecule has 1 atom stereocenters. The molecule has 0 bridgehead atoms. The van der Waals surface area contributed by atoms with Crippen molar-refractivity contribution in [3.8, 4) is 5.75 Å². The van der Waals surface area contributed by atoms with Crippen molar-refractivity contribution in [1.29, 1.82) is 0 Å². The molecule has 4 rings (SSSR count). The van der Waals surface area contributed by atoms with Crippen molar-refractivity contribution in [3.63, 3.8) is 0 Å². The zero-order valence-corrected chi connectivity index (χ0v) is 19.8. The van der Waals surface area contributed by atoms with Crippen molar-refractivity contribution in [2.24, 2.45) is 0 Å². The Balaban J connectivity index is 1.35. The number of hydrogen-bond acceptors (Lipinski definition) is 9. The van der Waals surface area contributed by atoms with E-state index in [1.807, 2.05) is 12.1 Å². The van der Waals surface area contributed by atoms with Gasteiger partial charge in [0.15, 0.2) is 6.10 Å². The molecule has 36 heavy (non-hydrogen) atoms. The van der Waals surface area contributed by atoms with E-state index in [4.69, 9.17) is 4.74 Å². The average molecular weight is 527 g/mol. The van der Waals surface area contributed by atoms with Crippen molar-refractivity contribution in [3.05, 3.63) is 53.6 Å². The van der Waals surface area contributed by atoms with Gasteiger partial charge in [-0.1, -0.05) is 11.3 Å². The smallest absolute Gasteiger partial charge is 0.406 e. The van der Waals surface area contributed by atoms with Crippen molar-refractivity contribution < 1.29 is 31.8 Å². The van der Waals surface area contributed by atoms with Crippen LogP contribution in [0.3, 0.4) is 0 Å². The summed E-state index contributed by atoms with van der Waals surface area (Å²) in [4.78, 5) is 12.7. The maximum Gasteiger partial charge on any atom is 0.573 e. The fourth-order valence-electron chi connectivity index (χ4n) is 4.04. The highest BCUT2D eigenvalue weighted by Crippen LogP contribution is 2.34. The number of carbonyl (C=O) groups excluding carboxylic acids is 1. The second-order valence-corrected chi connectivity index (χ2v) is 9.07. The highest BCUT2D eigenvalue weighted by molar-refractivity contribution is 7.19. The molecule has 2 heterocycles. The van der Waals surface area contributed by atoms with Crippen LogP contribution < -0.4 is 15.4 Å². The number of nitrogens with one attached hydrogen (secondary N) is 2. The number of halogens is 4. The molecule has 2 N–H and O–H groups in total. The zero-order valence-electron chi connectivity index (χ0n) is 19.0. The minimum atomic E-state index is -4.97. The van der Waals surface area contributed by atoms with Crippen molar-refractivity contribution in [1.82, 2.24) is 20.4 Å². The van der Waals surface area contributed by atoms with Crippen LogP contribution in [-0.4, -0.2) is 45.8 Å². The number of hydrogen-bond donors (Lipinski definition) is 2. The molecule has 1 amide bonds. The monoisotopic (exact) mass is 526 g/mol. The Morgan fingerprint density at radius 1 is 1.11 bits per heavy atom. The molecule has 0 aliphatic heterocycles. The molecule has 9 nitrogen and oxygen atoms in total. The zero-order chi connectivity index (χ0) is 25.7. The number of ether oxygens (including phenoxy) is 2. The molecule has 0 spiro atoms. The minimum Gasteiger partial charge on any atom is -0.406 e. The first-order valence-corrected chi connectivity index (χ1v) is 11.8. The molecule has 0 unspecified atom stereocenters. The Morgan fingerprint density at radius 2 is 1.86 bits per heavy atom. The molecule has 1 saturated carbocycles. The Bertz CT molecular complexity index is 1170. The molecule has 1 fully saturated rings. The number of alkyl halides is 3. The van der Waals surface area contributed by atoms with Gasteiger partial charge in [-0.05, 0) is 56.0 Å². The highest BCUT2D eigenvalue weighted by atomic mass is 32.1. The maximum atomic E-state index is 14.3. The second-order valence-electron chi connectivity index (χ2n) is 8.09. The summed E-state index contributed by atoms with van der Waals surface area (Å²) in [6.45, 7) is 0. The summed E-state index contributed by atoms with van der Waals surface area (Å²) < 4.78 is 60.7. The van der Waals surface area contributed by atoms with Crippen LogP contribution in [-0.2, 0) is 9.53 Å². The number of carbonyl (C=O) groups is 1. The SMILES string of the molecule is CO[C@H](C(=O)Nc1nnc(N[C@H]2CC[C@@H](c3cccnn3)CC2)s1)c1cc(OC(F)(F)F)ccc1F. The van der Waals surface area contributed by atoms with Crippen molar-refractivity contribution >= 4 is 27.5 Å². The van der Waals surface area contributed by atoms with E-state index in [1.54, 1.807) is 6.20 Å². The first-order valence-electron chi connectivity index (χ1n) is 11.0. The average Bonchev–Trinajstić information content (AvgIpc) is 3.28. The topological polar surface area (TPSA) is 111 Å². The van der Waals surface area contributed by atoms with Crippen LogP contribution in [0.1, 0.15) is 49.0 Å². The number of anilines is 2. The van der Waals surface area contributed by atoms with Crippen LogP contribution in [0, 0.1) is 5.82 Å². The summed E-state index contributed by atoms with van der Waals surface area (Å²) in [5.74, 6) is -2.08. The molecular formula is C22H22F4N6O3S. The molecule has 0 saturated heterocycles. The van der Waals surface area contributed by atoms with E-state index in [9.17, 15) is 22.4 Å². The van der Waals surface area contributed by atoms with Crippen molar-refractivity contribution in [2.45, 2.75) is 50.1 Å². The van der Waals surface area contributed by atoms with Gasteiger partial charge in [0.25, 0.3) is 5.91 Å². The molecule has 192 valence electrons. The fraction of sp³-hybridized carbons (Fsp3) is 0.409. The highest BCUT2D eigenvalue weighted by Gasteiger charge is 2.32. The summed E-state index contributed by atoms with van der Waals surface area (Å²) >= 11 is 1.08. The molecule has 3 aromatic rings. The van der Waals surface area contributed by atoms with Gasteiger partial charge in [-0.2, -0.15) is 10.2 Å². The summed E-state index contributed by atoms with van der Waals surface area (Å²) in [7, 11) is 1.13. The van der Waals surface area contributed by atoms with Gasteiger partial charge in [0.2, 0.25) is 10.3 Å².